The average molecular weight is 364 g/mol. The highest BCUT2D eigenvalue weighted by molar-refractivity contribution is 14.1. The van der Waals surface area contributed by atoms with E-state index in [2.05, 4.69) is 15.4 Å². The first kappa shape index (κ1) is 12.9. The Morgan fingerprint density at radius 2 is 2.06 bits per heavy atom. The summed E-state index contributed by atoms with van der Waals surface area (Å²) >= 11 is 1.55. The molecule has 1 aromatic carbocycles. The van der Waals surface area contributed by atoms with E-state index in [4.69, 9.17) is 0 Å². The van der Waals surface area contributed by atoms with Crippen LogP contribution in [0, 0.1) is 15.2 Å². The number of rotatable bonds is 3. The predicted octanol–water partition coefficient (Wildman–Crippen LogP) is 1.80. The van der Waals surface area contributed by atoms with Crippen molar-refractivity contribution in [2.45, 2.75) is 6.54 Å². The smallest absolute Gasteiger partial charge is 0.246 e. The summed E-state index contributed by atoms with van der Waals surface area (Å²) in [4.78, 5) is 15.2. The first-order valence-corrected chi connectivity index (χ1v) is 5.91. The van der Waals surface area contributed by atoms with Crippen LogP contribution >= 0.6 is 22.6 Å². The van der Waals surface area contributed by atoms with Gasteiger partial charge < -0.3 is 5.32 Å². The van der Waals surface area contributed by atoms with Crippen LogP contribution in [0.2, 0.25) is 0 Å². The molecule has 1 aromatic heterocycles. The highest BCUT2D eigenvalue weighted by Crippen LogP contribution is 2.20. The number of nitrogens with one attached hydrogen (secondary N) is 1. The molecular formula is C10H7F2IN4O. The minimum absolute atomic E-state index is 0.0653. The third-order valence-corrected chi connectivity index (χ3v) is 3.07. The Morgan fingerprint density at radius 3 is 2.61 bits per heavy atom. The zero-order chi connectivity index (χ0) is 13.1. The molecule has 0 bridgehead atoms. The van der Waals surface area contributed by atoms with E-state index in [1.165, 1.54) is 17.3 Å². The number of amides is 1. The Hall–Kier alpha value is -1.58. The minimum atomic E-state index is -0.716. The Balaban J connectivity index is 2.07. The van der Waals surface area contributed by atoms with Crippen LogP contribution < -0.4 is 5.32 Å². The highest BCUT2D eigenvalue weighted by Gasteiger charge is 2.10. The van der Waals surface area contributed by atoms with E-state index in [0.29, 0.717) is 0 Å². The fraction of sp³-hybridized carbons (Fsp3) is 0.100. The molecule has 0 aliphatic heterocycles. The van der Waals surface area contributed by atoms with E-state index in [9.17, 15) is 13.6 Å². The fourth-order valence-corrected chi connectivity index (χ4v) is 1.60. The molecule has 0 spiro atoms. The van der Waals surface area contributed by atoms with Crippen molar-refractivity contribution in [3.63, 3.8) is 0 Å². The number of carbonyl (C=O) groups is 1. The van der Waals surface area contributed by atoms with Gasteiger partial charge in [0.25, 0.3) is 0 Å². The molecule has 94 valence electrons. The first-order chi connectivity index (χ1) is 8.56. The van der Waals surface area contributed by atoms with Crippen molar-refractivity contribution in [2.75, 3.05) is 5.32 Å². The van der Waals surface area contributed by atoms with Gasteiger partial charge in [0.1, 0.15) is 30.8 Å². The molecular weight excluding hydrogens is 357 g/mol. The number of carbonyl (C=O) groups excluding carboxylic acids is 1. The number of nitrogens with zero attached hydrogens (tertiary/aromatic N) is 3. The van der Waals surface area contributed by atoms with Crippen molar-refractivity contribution >= 4 is 34.2 Å². The zero-order valence-corrected chi connectivity index (χ0v) is 11.1. The van der Waals surface area contributed by atoms with Gasteiger partial charge in [-0.25, -0.2) is 18.4 Å². The van der Waals surface area contributed by atoms with Gasteiger partial charge in [0.15, 0.2) is 0 Å². The van der Waals surface area contributed by atoms with Gasteiger partial charge in [0.05, 0.1) is 3.57 Å². The molecule has 0 unspecified atom stereocenters. The second kappa shape index (κ2) is 5.38. The molecule has 0 saturated carbocycles. The summed E-state index contributed by atoms with van der Waals surface area (Å²) in [6.45, 7) is -0.0742. The van der Waals surface area contributed by atoms with Gasteiger partial charge in [-0.15, -0.1) is 0 Å². The molecule has 2 rings (SSSR count). The van der Waals surface area contributed by atoms with E-state index in [0.717, 1.165) is 12.1 Å². The van der Waals surface area contributed by atoms with Gasteiger partial charge in [-0.1, -0.05) is 0 Å². The molecule has 2 aromatic rings. The average Bonchev–Trinajstić information content (AvgIpc) is 2.78. The van der Waals surface area contributed by atoms with Crippen LogP contribution in [0.4, 0.5) is 14.5 Å². The Morgan fingerprint density at radius 1 is 1.39 bits per heavy atom. The second-order valence-corrected chi connectivity index (χ2v) is 4.47. The summed E-state index contributed by atoms with van der Waals surface area (Å²) in [5, 5.41) is 6.12. The monoisotopic (exact) mass is 364 g/mol. The van der Waals surface area contributed by atoms with E-state index in [1.807, 2.05) is 0 Å². The maximum absolute atomic E-state index is 13.2. The molecule has 18 heavy (non-hydrogen) atoms. The largest absolute Gasteiger partial charge is 0.324 e. The number of hydrogen-bond acceptors (Lipinski definition) is 3. The standard InChI is InChI=1S/C10H7F2IN4O/c11-7-1-6(2-8(12)10(7)13)16-9(18)3-17-5-14-4-15-17/h1-2,4-5H,3H2,(H,16,18). The molecule has 0 saturated heterocycles. The maximum atomic E-state index is 13.2. The zero-order valence-electron chi connectivity index (χ0n) is 8.90. The Kier molecular flexibility index (Phi) is 3.84. The van der Waals surface area contributed by atoms with Crippen LogP contribution in [0.5, 0.6) is 0 Å². The molecule has 1 amide bonds. The first-order valence-electron chi connectivity index (χ1n) is 4.83. The fourth-order valence-electron chi connectivity index (χ4n) is 1.29. The lowest BCUT2D eigenvalue weighted by molar-refractivity contribution is -0.116. The Labute approximate surface area is 114 Å². The lowest BCUT2D eigenvalue weighted by Crippen LogP contribution is -2.19. The van der Waals surface area contributed by atoms with Crippen molar-refractivity contribution in [3.05, 3.63) is 40.0 Å². The summed E-state index contributed by atoms with van der Waals surface area (Å²) < 4.78 is 27.7. The number of halogens is 3. The minimum Gasteiger partial charge on any atom is -0.324 e. The van der Waals surface area contributed by atoms with Gasteiger partial charge in [0.2, 0.25) is 5.91 Å². The topological polar surface area (TPSA) is 59.8 Å². The lowest BCUT2D eigenvalue weighted by Gasteiger charge is -2.06. The third-order valence-electron chi connectivity index (χ3n) is 2.04. The van der Waals surface area contributed by atoms with Crippen LogP contribution in [0.1, 0.15) is 0 Å². The van der Waals surface area contributed by atoms with Crippen molar-refractivity contribution in [1.29, 1.82) is 0 Å². The van der Waals surface area contributed by atoms with E-state index < -0.39 is 17.5 Å². The number of benzene rings is 1. The summed E-state index contributed by atoms with van der Waals surface area (Å²) in [5.41, 5.74) is 0.0653. The van der Waals surface area contributed by atoms with Gasteiger partial charge in [-0.3, -0.25) is 4.79 Å². The van der Waals surface area contributed by atoms with Crippen LogP contribution in [0.25, 0.3) is 0 Å². The molecule has 0 atom stereocenters. The van der Waals surface area contributed by atoms with E-state index in [1.54, 1.807) is 22.6 Å². The van der Waals surface area contributed by atoms with Gasteiger partial charge >= 0.3 is 0 Å². The molecule has 0 aliphatic carbocycles. The molecule has 0 aliphatic rings. The number of aromatic nitrogens is 3. The molecule has 1 N–H and O–H groups in total. The van der Waals surface area contributed by atoms with E-state index >= 15 is 0 Å². The number of hydrogen-bond donors (Lipinski definition) is 1. The normalized spacial score (nSPS) is 10.4. The van der Waals surface area contributed by atoms with Gasteiger partial charge in [-0.05, 0) is 34.7 Å². The summed E-state index contributed by atoms with van der Waals surface area (Å²) in [6.07, 6.45) is 2.66. The van der Waals surface area contributed by atoms with Gasteiger partial charge in [-0.2, -0.15) is 5.10 Å². The maximum Gasteiger partial charge on any atom is 0.246 e. The molecule has 5 nitrogen and oxygen atoms in total. The lowest BCUT2D eigenvalue weighted by atomic mass is 10.3. The van der Waals surface area contributed by atoms with Crippen molar-refractivity contribution in [3.8, 4) is 0 Å². The summed E-state index contributed by atoms with van der Waals surface area (Å²) in [7, 11) is 0. The summed E-state index contributed by atoms with van der Waals surface area (Å²) in [5.74, 6) is -1.88. The van der Waals surface area contributed by atoms with Crippen molar-refractivity contribution in [2.24, 2.45) is 0 Å². The molecule has 0 fully saturated rings. The van der Waals surface area contributed by atoms with E-state index in [-0.39, 0.29) is 15.8 Å². The predicted molar refractivity (Wildman–Crippen MR) is 67.7 cm³/mol. The van der Waals surface area contributed by atoms with Crippen LogP contribution in [0.15, 0.2) is 24.8 Å². The SMILES string of the molecule is O=C(Cn1cncn1)Nc1cc(F)c(I)c(F)c1. The molecule has 1 heterocycles. The van der Waals surface area contributed by atoms with Gasteiger partial charge in [0, 0.05) is 5.69 Å². The second-order valence-electron chi connectivity index (χ2n) is 3.40. The van der Waals surface area contributed by atoms with Crippen LogP contribution in [-0.4, -0.2) is 20.7 Å². The summed E-state index contributed by atoms with van der Waals surface area (Å²) in [6, 6.07) is 2.12. The quantitative estimate of drug-likeness (QED) is 0.668. The van der Waals surface area contributed by atoms with Crippen LogP contribution in [0.3, 0.4) is 0 Å². The Bertz CT molecular complexity index is 550. The van der Waals surface area contributed by atoms with Crippen molar-refractivity contribution < 1.29 is 13.6 Å². The third kappa shape index (κ3) is 3.00. The van der Waals surface area contributed by atoms with Crippen LogP contribution in [-0.2, 0) is 11.3 Å². The number of anilines is 1. The molecule has 0 radical (unpaired) electrons. The molecule has 8 heteroatoms. The highest BCUT2D eigenvalue weighted by atomic mass is 127. The van der Waals surface area contributed by atoms with Crippen molar-refractivity contribution in [1.82, 2.24) is 14.8 Å².